The molecular weight excluding hydrogens is 322 g/mol. The fourth-order valence-corrected chi connectivity index (χ4v) is 2.73. The second kappa shape index (κ2) is 6.76. The molecule has 0 saturated heterocycles. The third-order valence-corrected chi connectivity index (χ3v) is 4.18. The van der Waals surface area contributed by atoms with Crippen molar-refractivity contribution in [1.82, 2.24) is 20.8 Å². The van der Waals surface area contributed by atoms with Crippen LogP contribution >= 0.6 is 0 Å². The van der Waals surface area contributed by atoms with E-state index in [1.807, 2.05) is 13.8 Å². The first-order valence-corrected chi connectivity index (χ1v) is 7.93. The zero-order valence-corrected chi connectivity index (χ0v) is 14.0. The number of anilines is 1. The van der Waals surface area contributed by atoms with Crippen LogP contribution in [0.4, 0.5) is 5.69 Å². The van der Waals surface area contributed by atoms with E-state index in [1.165, 1.54) is 0 Å². The van der Waals surface area contributed by atoms with Crippen molar-refractivity contribution in [2.45, 2.75) is 32.9 Å². The van der Waals surface area contributed by atoms with Gasteiger partial charge in [0.1, 0.15) is 6.04 Å². The summed E-state index contributed by atoms with van der Waals surface area (Å²) in [6, 6.07) is 5.80. The van der Waals surface area contributed by atoms with Crippen LogP contribution in [-0.4, -0.2) is 34.0 Å². The number of benzene rings is 1. The molecule has 3 rings (SSSR count). The van der Waals surface area contributed by atoms with E-state index in [9.17, 15) is 14.4 Å². The highest BCUT2D eigenvalue weighted by Crippen LogP contribution is 2.18. The second-order valence-electron chi connectivity index (χ2n) is 5.95. The van der Waals surface area contributed by atoms with Crippen LogP contribution in [0.15, 0.2) is 24.3 Å². The average Bonchev–Trinajstić information content (AvgIpc) is 2.84. The number of carbonyl (C=O) groups is 3. The second-order valence-corrected chi connectivity index (χ2v) is 5.95. The molecule has 0 saturated carbocycles. The van der Waals surface area contributed by atoms with E-state index < -0.39 is 11.9 Å². The zero-order chi connectivity index (χ0) is 18.0. The number of fused-ring (bicyclic) bond motifs is 1. The van der Waals surface area contributed by atoms with Crippen LogP contribution < -0.4 is 16.0 Å². The maximum Gasteiger partial charge on any atom is 0.254 e. The molecule has 2 heterocycles. The van der Waals surface area contributed by atoms with Crippen LogP contribution in [0.3, 0.4) is 0 Å². The Bertz CT molecular complexity index is 823. The maximum atomic E-state index is 12.3. The van der Waals surface area contributed by atoms with E-state index in [1.54, 1.807) is 24.3 Å². The number of aromatic nitrogens is 2. The standard InChI is InChI=1S/C17H19N5O3/c1-9-12(10(2)22-21-9)8-18-15(23)7-14-17(25)19-13-6-4-3-5-11(13)16(24)20-14/h3-6,14H,7-8H2,1-2H3,(H,18,23)(H,19,25)(H,20,24)(H,21,22)/t14-/m1/s1. The Labute approximate surface area is 144 Å². The normalized spacial score (nSPS) is 16.5. The first kappa shape index (κ1) is 16.7. The molecule has 1 aliphatic rings. The fraction of sp³-hybridized carbons (Fsp3) is 0.294. The van der Waals surface area contributed by atoms with Gasteiger partial charge in [-0.25, -0.2) is 0 Å². The van der Waals surface area contributed by atoms with Crippen molar-refractivity contribution in [3.05, 3.63) is 46.8 Å². The molecule has 1 aromatic carbocycles. The van der Waals surface area contributed by atoms with Crippen molar-refractivity contribution < 1.29 is 14.4 Å². The highest BCUT2D eigenvalue weighted by molar-refractivity contribution is 6.10. The number of aryl methyl sites for hydroxylation is 2. The number of hydrogen-bond donors (Lipinski definition) is 4. The molecule has 3 amide bonds. The number of hydrogen-bond acceptors (Lipinski definition) is 4. The zero-order valence-electron chi connectivity index (χ0n) is 14.0. The summed E-state index contributed by atoms with van der Waals surface area (Å²) < 4.78 is 0. The number of aromatic amines is 1. The topological polar surface area (TPSA) is 116 Å². The number of nitrogens with zero attached hydrogens (tertiary/aromatic N) is 1. The molecule has 1 aromatic heterocycles. The maximum absolute atomic E-state index is 12.3. The van der Waals surface area contributed by atoms with Crippen LogP contribution in [-0.2, 0) is 16.1 Å². The third kappa shape index (κ3) is 3.52. The predicted octanol–water partition coefficient (Wildman–Crippen LogP) is 0.784. The Morgan fingerprint density at radius 1 is 1.24 bits per heavy atom. The van der Waals surface area contributed by atoms with Crippen LogP contribution in [0, 0.1) is 13.8 Å². The van der Waals surface area contributed by atoms with Gasteiger partial charge in [0.15, 0.2) is 0 Å². The van der Waals surface area contributed by atoms with Crippen molar-refractivity contribution in [3.63, 3.8) is 0 Å². The number of para-hydroxylation sites is 1. The van der Waals surface area contributed by atoms with E-state index >= 15 is 0 Å². The Hall–Kier alpha value is -3.16. The van der Waals surface area contributed by atoms with E-state index in [0.29, 0.717) is 17.8 Å². The number of nitrogens with one attached hydrogen (secondary N) is 4. The molecule has 0 radical (unpaired) electrons. The Morgan fingerprint density at radius 3 is 2.72 bits per heavy atom. The molecule has 8 nitrogen and oxygen atoms in total. The summed E-state index contributed by atoms with van der Waals surface area (Å²) in [5, 5.41) is 15.0. The van der Waals surface area contributed by atoms with Crippen LogP contribution in [0.5, 0.6) is 0 Å². The summed E-state index contributed by atoms with van der Waals surface area (Å²) in [5.74, 6) is -1.12. The highest BCUT2D eigenvalue weighted by Gasteiger charge is 2.29. The lowest BCUT2D eigenvalue weighted by Gasteiger charge is -2.14. The van der Waals surface area contributed by atoms with Crippen molar-refractivity contribution in [2.24, 2.45) is 0 Å². The van der Waals surface area contributed by atoms with E-state index in [-0.39, 0.29) is 18.2 Å². The molecule has 2 aromatic rings. The van der Waals surface area contributed by atoms with Gasteiger partial charge in [-0.3, -0.25) is 19.5 Å². The molecule has 4 N–H and O–H groups in total. The minimum Gasteiger partial charge on any atom is -0.352 e. The van der Waals surface area contributed by atoms with E-state index in [2.05, 4.69) is 26.1 Å². The molecule has 0 bridgehead atoms. The van der Waals surface area contributed by atoms with Gasteiger partial charge in [-0.1, -0.05) is 12.1 Å². The molecular formula is C17H19N5O3. The van der Waals surface area contributed by atoms with Gasteiger partial charge >= 0.3 is 0 Å². The van der Waals surface area contributed by atoms with E-state index in [0.717, 1.165) is 17.0 Å². The molecule has 8 heteroatoms. The van der Waals surface area contributed by atoms with Crippen molar-refractivity contribution in [3.8, 4) is 0 Å². The largest absolute Gasteiger partial charge is 0.352 e. The van der Waals surface area contributed by atoms with Gasteiger partial charge in [0, 0.05) is 17.8 Å². The van der Waals surface area contributed by atoms with Gasteiger partial charge in [-0.15, -0.1) is 0 Å². The van der Waals surface area contributed by atoms with Gasteiger partial charge in [0.2, 0.25) is 11.8 Å². The average molecular weight is 341 g/mol. The number of carbonyl (C=O) groups excluding carboxylic acids is 3. The number of rotatable bonds is 4. The van der Waals surface area contributed by atoms with Crippen LogP contribution in [0.1, 0.15) is 33.7 Å². The quantitative estimate of drug-likeness (QED) is 0.658. The third-order valence-electron chi connectivity index (χ3n) is 4.18. The molecule has 0 fully saturated rings. The first-order valence-electron chi connectivity index (χ1n) is 7.93. The predicted molar refractivity (Wildman–Crippen MR) is 90.9 cm³/mol. The summed E-state index contributed by atoms with van der Waals surface area (Å²) in [6.45, 7) is 4.04. The molecule has 0 spiro atoms. The molecule has 0 aliphatic carbocycles. The summed E-state index contributed by atoms with van der Waals surface area (Å²) in [4.78, 5) is 36.7. The van der Waals surface area contributed by atoms with Gasteiger partial charge in [-0.05, 0) is 26.0 Å². The lowest BCUT2D eigenvalue weighted by atomic mass is 10.1. The smallest absolute Gasteiger partial charge is 0.254 e. The number of H-pyrrole nitrogens is 1. The van der Waals surface area contributed by atoms with Gasteiger partial charge in [0.05, 0.1) is 23.4 Å². The monoisotopic (exact) mass is 341 g/mol. The molecule has 0 unspecified atom stereocenters. The SMILES string of the molecule is Cc1n[nH]c(C)c1CNC(=O)C[C@H]1NC(=O)c2ccccc2NC1=O. The highest BCUT2D eigenvalue weighted by atomic mass is 16.2. The van der Waals surface area contributed by atoms with Gasteiger partial charge in [-0.2, -0.15) is 5.10 Å². The Morgan fingerprint density at radius 2 is 2.00 bits per heavy atom. The van der Waals surface area contributed by atoms with Crippen LogP contribution in [0.25, 0.3) is 0 Å². The van der Waals surface area contributed by atoms with E-state index in [4.69, 9.17) is 0 Å². The Kier molecular flexibility index (Phi) is 4.51. The summed E-state index contributed by atoms with van der Waals surface area (Å²) in [5.41, 5.74) is 3.43. The first-order chi connectivity index (χ1) is 12.0. The Balaban J connectivity index is 1.64. The molecule has 1 aliphatic heterocycles. The molecule has 1 atom stereocenters. The minimum absolute atomic E-state index is 0.137. The van der Waals surface area contributed by atoms with Gasteiger partial charge < -0.3 is 16.0 Å². The summed E-state index contributed by atoms with van der Waals surface area (Å²) in [6.07, 6.45) is -0.137. The van der Waals surface area contributed by atoms with Crippen molar-refractivity contribution in [1.29, 1.82) is 0 Å². The lowest BCUT2D eigenvalue weighted by molar-refractivity contribution is -0.125. The lowest BCUT2D eigenvalue weighted by Crippen LogP contribution is -2.44. The molecule has 25 heavy (non-hydrogen) atoms. The fourth-order valence-electron chi connectivity index (χ4n) is 2.73. The van der Waals surface area contributed by atoms with Crippen LogP contribution in [0.2, 0.25) is 0 Å². The van der Waals surface area contributed by atoms with Gasteiger partial charge in [0.25, 0.3) is 5.91 Å². The number of amides is 3. The molecule has 130 valence electrons. The minimum atomic E-state index is -0.925. The summed E-state index contributed by atoms with van der Waals surface area (Å²) in [7, 11) is 0. The van der Waals surface area contributed by atoms with Crippen molar-refractivity contribution in [2.75, 3.05) is 5.32 Å². The summed E-state index contributed by atoms with van der Waals surface area (Å²) >= 11 is 0. The van der Waals surface area contributed by atoms with Crippen molar-refractivity contribution >= 4 is 23.4 Å².